The third-order valence-corrected chi connectivity index (χ3v) is 3.67. The Balaban J connectivity index is 1.86. The SMILES string of the molecule is CCOC1CCN(C(=O)Nc2ccc(C(C)=O)cc2)CC1. The molecule has 1 saturated heterocycles. The third-order valence-electron chi connectivity index (χ3n) is 3.67. The summed E-state index contributed by atoms with van der Waals surface area (Å²) in [6.07, 6.45) is 2.03. The molecule has 0 aromatic heterocycles. The molecule has 5 heteroatoms. The average Bonchev–Trinajstić information content (AvgIpc) is 2.49. The Kier molecular flexibility index (Phi) is 5.33. The largest absolute Gasteiger partial charge is 0.378 e. The molecule has 0 saturated carbocycles. The van der Waals surface area contributed by atoms with Crippen molar-refractivity contribution in [1.82, 2.24) is 4.90 Å². The lowest BCUT2D eigenvalue weighted by atomic mass is 10.1. The number of amides is 2. The van der Waals surface area contributed by atoms with Gasteiger partial charge in [0.05, 0.1) is 6.10 Å². The number of nitrogens with one attached hydrogen (secondary N) is 1. The Labute approximate surface area is 125 Å². The summed E-state index contributed by atoms with van der Waals surface area (Å²) in [7, 11) is 0. The molecule has 2 amide bonds. The summed E-state index contributed by atoms with van der Waals surface area (Å²) in [6.45, 7) is 5.66. The molecule has 0 spiro atoms. The lowest BCUT2D eigenvalue weighted by Crippen LogP contribution is -2.43. The standard InChI is InChI=1S/C16H22N2O3/c1-3-21-15-8-10-18(11-9-15)16(20)17-14-6-4-13(5-7-14)12(2)19/h4-7,15H,3,8-11H2,1-2H3,(H,17,20). The van der Waals surface area contributed by atoms with Crippen molar-refractivity contribution in [1.29, 1.82) is 0 Å². The van der Waals surface area contributed by atoms with Crippen LogP contribution < -0.4 is 5.32 Å². The second-order valence-electron chi connectivity index (χ2n) is 5.21. The fourth-order valence-electron chi connectivity index (χ4n) is 2.45. The Morgan fingerprint density at radius 2 is 1.86 bits per heavy atom. The zero-order valence-corrected chi connectivity index (χ0v) is 12.6. The Hall–Kier alpha value is -1.88. The van der Waals surface area contributed by atoms with Crippen LogP contribution in [0.5, 0.6) is 0 Å². The minimum absolute atomic E-state index is 0.0193. The van der Waals surface area contributed by atoms with E-state index in [9.17, 15) is 9.59 Å². The molecule has 114 valence electrons. The van der Waals surface area contributed by atoms with Crippen LogP contribution in [0.4, 0.5) is 10.5 Å². The molecule has 0 aliphatic carbocycles. The van der Waals surface area contributed by atoms with E-state index in [-0.39, 0.29) is 17.9 Å². The number of ketones is 1. The quantitative estimate of drug-likeness (QED) is 0.867. The fourth-order valence-corrected chi connectivity index (χ4v) is 2.45. The number of carbonyl (C=O) groups excluding carboxylic acids is 2. The number of carbonyl (C=O) groups is 2. The summed E-state index contributed by atoms with van der Waals surface area (Å²) in [4.78, 5) is 25.2. The van der Waals surface area contributed by atoms with Gasteiger partial charge in [-0.2, -0.15) is 0 Å². The van der Waals surface area contributed by atoms with Crippen molar-refractivity contribution in [2.75, 3.05) is 25.0 Å². The normalized spacial score (nSPS) is 15.8. The predicted octanol–water partition coefficient (Wildman–Crippen LogP) is 2.92. The zero-order valence-electron chi connectivity index (χ0n) is 12.6. The molecule has 1 heterocycles. The topological polar surface area (TPSA) is 58.6 Å². The molecule has 0 radical (unpaired) electrons. The first-order chi connectivity index (χ1) is 10.1. The lowest BCUT2D eigenvalue weighted by molar-refractivity contribution is 0.0232. The molecule has 1 fully saturated rings. The van der Waals surface area contributed by atoms with E-state index in [1.165, 1.54) is 6.92 Å². The minimum atomic E-state index is -0.0967. The molecule has 1 aliphatic heterocycles. The van der Waals surface area contributed by atoms with Gasteiger partial charge < -0.3 is 15.0 Å². The van der Waals surface area contributed by atoms with Crippen molar-refractivity contribution >= 4 is 17.5 Å². The third kappa shape index (κ3) is 4.29. The maximum atomic E-state index is 12.2. The molecule has 0 unspecified atom stereocenters. The molecule has 1 aromatic rings. The number of ether oxygens (including phenoxy) is 1. The van der Waals surface area contributed by atoms with Gasteiger partial charge in [0.25, 0.3) is 0 Å². The van der Waals surface area contributed by atoms with Crippen LogP contribution in [0.1, 0.15) is 37.0 Å². The number of likely N-dealkylation sites (tertiary alicyclic amines) is 1. The number of nitrogens with zero attached hydrogens (tertiary/aromatic N) is 1. The first-order valence-corrected chi connectivity index (χ1v) is 7.38. The molecular weight excluding hydrogens is 268 g/mol. The van der Waals surface area contributed by atoms with E-state index in [0.29, 0.717) is 24.3 Å². The molecule has 1 aliphatic rings. The average molecular weight is 290 g/mol. The zero-order chi connectivity index (χ0) is 15.2. The first-order valence-electron chi connectivity index (χ1n) is 7.38. The number of urea groups is 1. The van der Waals surface area contributed by atoms with Crippen molar-refractivity contribution in [3.8, 4) is 0 Å². The van der Waals surface area contributed by atoms with E-state index in [1.807, 2.05) is 6.92 Å². The highest BCUT2D eigenvalue weighted by Crippen LogP contribution is 2.16. The van der Waals surface area contributed by atoms with Gasteiger partial charge in [0.1, 0.15) is 0 Å². The van der Waals surface area contributed by atoms with Crippen LogP contribution >= 0.6 is 0 Å². The number of hydrogen-bond donors (Lipinski definition) is 1. The summed E-state index contributed by atoms with van der Waals surface area (Å²) >= 11 is 0. The van der Waals surface area contributed by atoms with Crippen molar-refractivity contribution in [2.45, 2.75) is 32.8 Å². The molecular formula is C16H22N2O3. The second kappa shape index (κ2) is 7.22. The predicted molar refractivity (Wildman–Crippen MR) is 81.7 cm³/mol. The summed E-state index contributed by atoms with van der Waals surface area (Å²) in [5, 5.41) is 2.86. The maximum absolute atomic E-state index is 12.2. The Bertz CT molecular complexity index is 491. The maximum Gasteiger partial charge on any atom is 0.321 e. The minimum Gasteiger partial charge on any atom is -0.378 e. The van der Waals surface area contributed by atoms with Gasteiger partial charge >= 0.3 is 6.03 Å². The number of Topliss-reactive ketones (excluding diaryl/α,β-unsaturated/α-hetero) is 1. The molecule has 1 N–H and O–H groups in total. The van der Waals surface area contributed by atoms with Crippen molar-refractivity contribution in [3.05, 3.63) is 29.8 Å². The number of piperidine rings is 1. The van der Waals surface area contributed by atoms with E-state index < -0.39 is 0 Å². The summed E-state index contributed by atoms with van der Waals surface area (Å²) in [6, 6.07) is 6.85. The van der Waals surface area contributed by atoms with Gasteiger partial charge in [-0.15, -0.1) is 0 Å². The van der Waals surface area contributed by atoms with E-state index >= 15 is 0 Å². The highest BCUT2D eigenvalue weighted by atomic mass is 16.5. The smallest absolute Gasteiger partial charge is 0.321 e. The highest BCUT2D eigenvalue weighted by Gasteiger charge is 2.22. The van der Waals surface area contributed by atoms with Gasteiger partial charge in [0.2, 0.25) is 0 Å². The van der Waals surface area contributed by atoms with Gasteiger partial charge in [-0.3, -0.25) is 4.79 Å². The van der Waals surface area contributed by atoms with E-state index in [0.717, 1.165) is 19.4 Å². The van der Waals surface area contributed by atoms with Gasteiger partial charge in [-0.25, -0.2) is 4.79 Å². The molecule has 5 nitrogen and oxygen atoms in total. The van der Waals surface area contributed by atoms with Crippen LogP contribution in [0.25, 0.3) is 0 Å². The Morgan fingerprint density at radius 1 is 1.24 bits per heavy atom. The van der Waals surface area contributed by atoms with Crippen LogP contribution in [0.15, 0.2) is 24.3 Å². The van der Waals surface area contributed by atoms with E-state index in [1.54, 1.807) is 29.2 Å². The summed E-state index contributed by atoms with van der Waals surface area (Å²) < 4.78 is 5.57. The van der Waals surface area contributed by atoms with Crippen molar-refractivity contribution in [3.63, 3.8) is 0 Å². The summed E-state index contributed by atoms with van der Waals surface area (Å²) in [5.74, 6) is 0.0193. The Morgan fingerprint density at radius 3 is 2.38 bits per heavy atom. The first kappa shape index (κ1) is 15.5. The van der Waals surface area contributed by atoms with Crippen LogP contribution in [-0.2, 0) is 4.74 Å². The van der Waals surface area contributed by atoms with E-state index in [4.69, 9.17) is 4.74 Å². The van der Waals surface area contributed by atoms with Crippen LogP contribution in [0, 0.1) is 0 Å². The number of rotatable bonds is 4. The monoisotopic (exact) mass is 290 g/mol. The fraction of sp³-hybridized carbons (Fsp3) is 0.500. The lowest BCUT2D eigenvalue weighted by Gasteiger charge is -2.31. The van der Waals surface area contributed by atoms with Crippen LogP contribution in [-0.4, -0.2) is 42.5 Å². The van der Waals surface area contributed by atoms with Crippen molar-refractivity contribution < 1.29 is 14.3 Å². The summed E-state index contributed by atoms with van der Waals surface area (Å²) in [5.41, 5.74) is 1.35. The van der Waals surface area contributed by atoms with Crippen molar-refractivity contribution in [2.24, 2.45) is 0 Å². The number of anilines is 1. The van der Waals surface area contributed by atoms with Gasteiger partial charge in [0, 0.05) is 30.9 Å². The van der Waals surface area contributed by atoms with Gasteiger partial charge in [0.15, 0.2) is 5.78 Å². The molecule has 1 aromatic carbocycles. The highest BCUT2D eigenvalue weighted by molar-refractivity contribution is 5.95. The van der Waals surface area contributed by atoms with Crippen LogP contribution in [0.3, 0.4) is 0 Å². The van der Waals surface area contributed by atoms with Crippen LogP contribution in [0.2, 0.25) is 0 Å². The molecule has 2 rings (SSSR count). The second-order valence-corrected chi connectivity index (χ2v) is 5.21. The van der Waals surface area contributed by atoms with Gasteiger partial charge in [-0.05, 0) is 51.0 Å². The number of benzene rings is 1. The molecule has 0 atom stereocenters. The molecule has 21 heavy (non-hydrogen) atoms. The van der Waals surface area contributed by atoms with E-state index in [2.05, 4.69) is 5.32 Å². The molecule has 0 bridgehead atoms. The number of hydrogen-bond acceptors (Lipinski definition) is 3. The van der Waals surface area contributed by atoms with Gasteiger partial charge in [-0.1, -0.05) is 0 Å².